The van der Waals surface area contributed by atoms with Crippen molar-refractivity contribution in [3.05, 3.63) is 18.0 Å². The van der Waals surface area contributed by atoms with Crippen LogP contribution in [0.25, 0.3) is 0 Å². The monoisotopic (exact) mass is 248 g/mol. The van der Waals surface area contributed by atoms with Crippen LogP contribution >= 0.6 is 0 Å². The minimum atomic E-state index is 0.0147. The molecule has 4 nitrogen and oxygen atoms in total. The summed E-state index contributed by atoms with van der Waals surface area (Å²) in [6.45, 7) is 0.733. The van der Waals surface area contributed by atoms with Crippen LogP contribution in [0.3, 0.4) is 0 Å². The molecule has 0 amide bonds. The van der Waals surface area contributed by atoms with Crippen molar-refractivity contribution < 1.29 is 9.53 Å². The highest BCUT2D eigenvalue weighted by atomic mass is 16.5. The summed E-state index contributed by atoms with van der Waals surface area (Å²) in [5, 5.41) is 4.09. The van der Waals surface area contributed by atoms with Crippen molar-refractivity contribution in [3.63, 3.8) is 0 Å². The van der Waals surface area contributed by atoms with Crippen LogP contribution in [0.1, 0.15) is 48.9 Å². The fourth-order valence-electron chi connectivity index (χ4n) is 3.40. The third-order valence-corrected chi connectivity index (χ3v) is 4.37. The van der Waals surface area contributed by atoms with E-state index in [1.54, 1.807) is 10.9 Å². The first kappa shape index (κ1) is 11.9. The minimum absolute atomic E-state index is 0.0147. The van der Waals surface area contributed by atoms with Crippen molar-refractivity contribution in [1.29, 1.82) is 0 Å². The van der Waals surface area contributed by atoms with Crippen LogP contribution in [0.15, 0.2) is 12.4 Å². The molecule has 3 rings (SSSR count). The summed E-state index contributed by atoms with van der Waals surface area (Å²) in [6.07, 6.45) is 10.0. The average molecular weight is 248 g/mol. The second-order valence-electron chi connectivity index (χ2n) is 5.70. The molecule has 0 aromatic carbocycles. The van der Waals surface area contributed by atoms with E-state index in [0.717, 1.165) is 37.9 Å². The van der Waals surface area contributed by atoms with E-state index in [2.05, 4.69) is 5.10 Å². The lowest BCUT2D eigenvalue weighted by atomic mass is 9.81. The van der Waals surface area contributed by atoms with E-state index in [1.165, 1.54) is 12.8 Å². The molecule has 1 unspecified atom stereocenters. The van der Waals surface area contributed by atoms with Crippen molar-refractivity contribution in [2.24, 2.45) is 13.0 Å². The number of ether oxygens (including phenoxy) is 1. The molecule has 1 aromatic heterocycles. The molecular formula is C14H20N2O2. The highest BCUT2D eigenvalue weighted by Crippen LogP contribution is 2.42. The number of aryl methyl sites for hydroxylation is 1. The number of carbonyl (C=O) groups is 1. The number of Topliss-reactive ketones (excluding diaryl/α,β-unsaturated/α-hetero) is 1. The Balaban J connectivity index is 1.74. The molecule has 1 aliphatic carbocycles. The van der Waals surface area contributed by atoms with Gasteiger partial charge >= 0.3 is 0 Å². The summed E-state index contributed by atoms with van der Waals surface area (Å²) in [6, 6.07) is 0. The Morgan fingerprint density at radius 1 is 1.50 bits per heavy atom. The maximum absolute atomic E-state index is 12.4. The number of hydrogen-bond acceptors (Lipinski definition) is 3. The second kappa shape index (κ2) is 4.50. The number of hydrogen-bond donors (Lipinski definition) is 0. The second-order valence-corrected chi connectivity index (χ2v) is 5.70. The first-order chi connectivity index (χ1) is 8.69. The predicted molar refractivity (Wildman–Crippen MR) is 67.4 cm³/mol. The zero-order valence-electron chi connectivity index (χ0n) is 10.9. The van der Waals surface area contributed by atoms with Crippen LogP contribution in [-0.2, 0) is 11.8 Å². The molecule has 18 heavy (non-hydrogen) atoms. The van der Waals surface area contributed by atoms with Gasteiger partial charge in [-0.05, 0) is 25.7 Å². The van der Waals surface area contributed by atoms with Gasteiger partial charge in [-0.3, -0.25) is 9.48 Å². The first-order valence-electron chi connectivity index (χ1n) is 6.85. The smallest absolute Gasteiger partial charge is 0.169 e. The molecule has 0 bridgehead atoms. The normalized spacial score (nSPS) is 26.6. The van der Waals surface area contributed by atoms with Crippen LogP contribution in [-0.4, -0.2) is 27.8 Å². The molecule has 1 aliphatic heterocycles. The van der Waals surface area contributed by atoms with Crippen molar-refractivity contribution in [2.75, 3.05) is 6.61 Å². The number of aromatic nitrogens is 2. The number of ketones is 1. The molecule has 98 valence electrons. The van der Waals surface area contributed by atoms with Crippen LogP contribution in [0.4, 0.5) is 0 Å². The van der Waals surface area contributed by atoms with Gasteiger partial charge in [0.25, 0.3) is 0 Å². The van der Waals surface area contributed by atoms with Crippen LogP contribution < -0.4 is 0 Å². The molecule has 1 aromatic rings. The Morgan fingerprint density at radius 3 is 2.94 bits per heavy atom. The van der Waals surface area contributed by atoms with E-state index in [-0.39, 0.29) is 17.3 Å². The summed E-state index contributed by atoms with van der Waals surface area (Å²) in [4.78, 5) is 12.4. The predicted octanol–water partition coefficient (Wildman–Crippen LogP) is 2.34. The third-order valence-electron chi connectivity index (χ3n) is 4.37. The Kier molecular flexibility index (Phi) is 2.98. The largest absolute Gasteiger partial charge is 0.375 e. The van der Waals surface area contributed by atoms with Crippen molar-refractivity contribution in [1.82, 2.24) is 9.78 Å². The Hall–Kier alpha value is -1.16. The van der Waals surface area contributed by atoms with Gasteiger partial charge in [0.05, 0.1) is 17.4 Å². The summed E-state index contributed by atoms with van der Waals surface area (Å²) in [7, 11) is 1.85. The molecule has 0 N–H and O–H groups in total. The highest BCUT2D eigenvalue weighted by Gasteiger charge is 2.42. The lowest BCUT2D eigenvalue weighted by Crippen LogP contribution is -2.39. The van der Waals surface area contributed by atoms with Gasteiger partial charge in [-0.25, -0.2) is 0 Å². The molecule has 1 saturated heterocycles. The minimum Gasteiger partial charge on any atom is -0.375 e. The topological polar surface area (TPSA) is 44.1 Å². The van der Waals surface area contributed by atoms with Gasteiger partial charge in [0, 0.05) is 25.8 Å². The molecule has 2 aliphatic rings. The Bertz CT molecular complexity index is 446. The summed E-state index contributed by atoms with van der Waals surface area (Å²) < 4.78 is 7.67. The van der Waals surface area contributed by atoms with Crippen molar-refractivity contribution in [3.8, 4) is 0 Å². The average Bonchev–Trinajstić information content (AvgIpc) is 2.98. The van der Waals surface area contributed by atoms with Crippen molar-refractivity contribution in [2.45, 2.75) is 44.1 Å². The fourth-order valence-corrected chi connectivity index (χ4v) is 3.40. The summed E-state index contributed by atoms with van der Waals surface area (Å²) in [5.74, 6) is 0.374. The first-order valence-corrected chi connectivity index (χ1v) is 6.85. The van der Waals surface area contributed by atoms with Crippen LogP contribution in [0.2, 0.25) is 0 Å². The summed E-state index contributed by atoms with van der Waals surface area (Å²) >= 11 is 0. The van der Waals surface area contributed by atoms with Gasteiger partial charge in [-0.15, -0.1) is 0 Å². The highest BCUT2D eigenvalue weighted by molar-refractivity contribution is 5.97. The maximum Gasteiger partial charge on any atom is 0.169 e. The van der Waals surface area contributed by atoms with Gasteiger partial charge in [0.15, 0.2) is 5.78 Å². The summed E-state index contributed by atoms with van der Waals surface area (Å²) in [5.41, 5.74) is 0.762. The Morgan fingerprint density at radius 2 is 2.28 bits per heavy atom. The zero-order valence-corrected chi connectivity index (χ0v) is 10.9. The van der Waals surface area contributed by atoms with Crippen LogP contribution in [0, 0.1) is 5.92 Å². The molecule has 1 atom stereocenters. The molecule has 4 heteroatoms. The zero-order chi connectivity index (χ0) is 12.6. The molecule has 2 heterocycles. The number of nitrogens with zero attached hydrogens (tertiary/aromatic N) is 2. The molecule has 2 fully saturated rings. The van der Waals surface area contributed by atoms with E-state index >= 15 is 0 Å². The lowest BCUT2D eigenvalue weighted by Gasteiger charge is -2.37. The van der Waals surface area contributed by atoms with Gasteiger partial charge in [0.1, 0.15) is 0 Å². The van der Waals surface area contributed by atoms with Gasteiger partial charge in [-0.1, -0.05) is 12.8 Å². The van der Waals surface area contributed by atoms with Crippen molar-refractivity contribution >= 4 is 5.78 Å². The molecule has 1 saturated carbocycles. The van der Waals surface area contributed by atoms with E-state index in [0.29, 0.717) is 0 Å². The lowest BCUT2D eigenvalue weighted by molar-refractivity contribution is -0.0866. The number of carbonyl (C=O) groups excluding carboxylic acids is 1. The van der Waals surface area contributed by atoms with E-state index < -0.39 is 0 Å². The molecule has 1 spiro atoms. The van der Waals surface area contributed by atoms with E-state index in [4.69, 9.17) is 4.74 Å². The van der Waals surface area contributed by atoms with Gasteiger partial charge < -0.3 is 4.74 Å². The van der Waals surface area contributed by atoms with E-state index in [9.17, 15) is 4.79 Å². The van der Waals surface area contributed by atoms with E-state index in [1.807, 2.05) is 13.2 Å². The fraction of sp³-hybridized carbons (Fsp3) is 0.714. The Labute approximate surface area is 107 Å². The quantitative estimate of drug-likeness (QED) is 0.755. The van der Waals surface area contributed by atoms with Gasteiger partial charge in [0.2, 0.25) is 0 Å². The molecule has 0 radical (unpaired) electrons. The number of rotatable bonds is 2. The third kappa shape index (κ3) is 2.09. The van der Waals surface area contributed by atoms with Gasteiger partial charge in [-0.2, -0.15) is 5.10 Å². The standard InChI is InChI=1S/C14H20N2O2/c1-16-10-12(9-15-16)13(17)11-4-7-18-14(8-11)5-2-3-6-14/h9-11H,2-8H2,1H3. The maximum atomic E-state index is 12.4. The molecular weight excluding hydrogens is 228 g/mol. The SMILES string of the molecule is Cn1cc(C(=O)C2CCOC3(CCCC3)C2)cn1. The van der Waals surface area contributed by atoms with Crippen LogP contribution in [0.5, 0.6) is 0 Å².